The molecular formula is C22H25N5O2. The molecule has 1 aliphatic rings. The van der Waals surface area contributed by atoms with Crippen molar-refractivity contribution in [3.63, 3.8) is 0 Å². The summed E-state index contributed by atoms with van der Waals surface area (Å²) in [7, 11) is 0. The van der Waals surface area contributed by atoms with Crippen LogP contribution in [0.25, 0.3) is 10.9 Å². The molecule has 0 bridgehead atoms. The van der Waals surface area contributed by atoms with Gasteiger partial charge in [-0.3, -0.25) is 14.6 Å². The molecule has 0 radical (unpaired) electrons. The predicted octanol–water partition coefficient (Wildman–Crippen LogP) is 4.25. The number of hydrogen-bond acceptors (Lipinski definition) is 6. The molecule has 0 aromatic carbocycles. The van der Waals surface area contributed by atoms with Crippen molar-refractivity contribution < 1.29 is 4.79 Å². The Balaban J connectivity index is 1.89. The number of hydrogen-bond donors (Lipinski definition) is 1. The van der Waals surface area contributed by atoms with Crippen LogP contribution in [0, 0.1) is 13.8 Å². The number of ketones is 1. The predicted molar refractivity (Wildman–Crippen MR) is 113 cm³/mol. The second kappa shape index (κ2) is 7.73. The smallest absolute Gasteiger partial charge is 0.262 e. The Hall–Kier alpha value is -3.09. The van der Waals surface area contributed by atoms with Gasteiger partial charge in [0.1, 0.15) is 11.6 Å². The number of Topliss-reactive ketones (excluding diaryl/α,β-unsaturated/α-hetero) is 1. The molecule has 1 fully saturated rings. The van der Waals surface area contributed by atoms with Crippen LogP contribution in [-0.4, -0.2) is 25.3 Å². The fourth-order valence-electron chi connectivity index (χ4n) is 4.23. The zero-order valence-corrected chi connectivity index (χ0v) is 17.0. The first-order valence-electron chi connectivity index (χ1n) is 10.1. The Bertz CT molecular complexity index is 1130. The number of fused-ring (bicyclic) bond motifs is 1. The van der Waals surface area contributed by atoms with Crippen LogP contribution in [-0.2, 0) is 0 Å². The van der Waals surface area contributed by atoms with Crippen molar-refractivity contribution >= 4 is 28.3 Å². The lowest BCUT2D eigenvalue weighted by Crippen LogP contribution is -2.31. The number of aryl methyl sites for hydroxylation is 2. The molecule has 0 saturated heterocycles. The van der Waals surface area contributed by atoms with Crippen LogP contribution in [0.2, 0.25) is 0 Å². The van der Waals surface area contributed by atoms with Crippen LogP contribution in [0.1, 0.15) is 66.7 Å². The lowest BCUT2D eigenvalue weighted by Gasteiger charge is -2.27. The van der Waals surface area contributed by atoms with Crippen molar-refractivity contribution in [2.75, 3.05) is 5.32 Å². The lowest BCUT2D eigenvalue weighted by atomic mass is 9.93. The summed E-state index contributed by atoms with van der Waals surface area (Å²) in [6, 6.07) is 1.98. The molecular weight excluding hydrogens is 366 g/mol. The van der Waals surface area contributed by atoms with Gasteiger partial charge < -0.3 is 9.88 Å². The molecule has 4 rings (SSSR count). The number of pyridine rings is 2. The third-order valence-corrected chi connectivity index (χ3v) is 5.68. The van der Waals surface area contributed by atoms with Crippen LogP contribution in [0.5, 0.6) is 0 Å². The fraction of sp³-hybridized carbons (Fsp3) is 0.409. The number of carbonyl (C=O) groups is 1. The minimum Gasteiger partial charge on any atom is -0.324 e. The molecule has 3 aromatic rings. The highest BCUT2D eigenvalue weighted by Crippen LogP contribution is 2.32. The maximum Gasteiger partial charge on any atom is 0.262 e. The Labute approximate surface area is 169 Å². The van der Waals surface area contributed by atoms with Crippen LogP contribution in [0.15, 0.2) is 29.5 Å². The minimum absolute atomic E-state index is 0.104. The number of anilines is 2. The van der Waals surface area contributed by atoms with Crippen LogP contribution >= 0.6 is 0 Å². The van der Waals surface area contributed by atoms with E-state index in [1.54, 1.807) is 18.6 Å². The van der Waals surface area contributed by atoms with E-state index in [0.29, 0.717) is 17.2 Å². The Kier molecular flexibility index (Phi) is 5.13. The SMILES string of the molecule is CC(=O)c1c(C)c2cnc(Nc3cnc(C)cn3)cc2n(C2CCCCC2)c1=O. The molecule has 0 amide bonds. The summed E-state index contributed by atoms with van der Waals surface area (Å²) in [4.78, 5) is 38.6. The van der Waals surface area contributed by atoms with Gasteiger partial charge in [0.15, 0.2) is 5.78 Å². The maximum atomic E-state index is 13.3. The van der Waals surface area contributed by atoms with E-state index in [9.17, 15) is 9.59 Å². The minimum atomic E-state index is -0.198. The number of rotatable bonds is 4. The van der Waals surface area contributed by atoms with Gasteiger partial charge in [-0.15, -0.1) is 0 Å². The van der Waals surface area contributed by atoms with Gasteiger partial charge >= 0.3 is 0 Å². The van der Waals surface area contributed by atoms with Gasteiger partial charge in [-0.25, -0.2) is 9.97 Å². The first-order valence-corrected chi connectivity index (χ1v) is 10.1. The van der Waals surface area contributed by atoms with Gasteiger partial charge in [0.2, 0.25) is 0 Å². The van der Waals surface area contributed by atoms with Crippen LogP contribution < -0.4 is 10.9 Å². The van der Waals surface area contributed by atoms with E-state index in [2.05, 4.69) is 20.3 Å². The molecule has 3 heterocycles. The monoisotopic (exact) mass is 391 g/mol. The molecule has 7 nitrogen and oxygen atoms in total. The highest BCUT2D eigenvalue weighted by atomic mass is 16.1. The summed E-state index contributed by atoms with van der Waals surface area (Å²) < 4.78 is 1.83. The molecule has 0 aliphatic heterocycles. The zero-order chi connectivity index (χ0) is 20.5. The molecule has 1 aliphatic carbocycles. The van der Waals surface area contributed by atoms with Crippen molar-refractivity contribution in [1.82, 2.24) is 19.5 Å². The van der Waals surface area contributed by atoms with Gasteiger partial charge in [-0.1, -0.05) is 19.3 Å². The van der Waals surface area contributed by atoms with Gasteiger partial charge in [-0.2, -0.15) is 0 Å². The molecule has 1 saturated carbocycles. The molecule has 0 spiro atoms. The van der Waals surface area contributed by atoms with Crippen molar-refractivity contribution in [3.05, 3.63) is 51.8 Å². The zero-order valence-electron chi connectivity index (χ0n) is 17.0. The number of nitrogens with one attached hydrogen (secondary N) is 1. The van der Waals surface area contributed by atoms with Crippen molar-refractivity contribution in [2.45, 2.75) is 58.9 Å². The average Bonchev–Trinajstić information content (AvgIpc) is 2.70. The highest BCUT2D eigenvalue weighted by Gasteiger charge is 2.24. The number of nitrogens with zero attached hydrogens (tertiary/aromatic N) is 4. The standard InChI is InChI=1S/C22H25N5O2/c1-13-10-24-20(12-23-13)26-19-9-18-17(11-25-19)14(2)21(15(3)28)22(29)27(18)16-7-5-4-6-8-16/h9-12,16H,4-8H2,1-3H3,(H,24,25,26). The number of aromatic nitrogens is 4. The molecule has 0 atom stereocenters. The van der Waals surface area contributed by atoms with Crippen LogP contribution in [0.3, 0.4) is 0 Å². The largest absolute Gasteiger partial charge is 0.324 e. The van der Waals surface area contributed by atoms with Crippen molar-refractivity contribution in [2.24, 2.45) is 0 Å². The summed E-state index contributed by atoms with van der Waals surface area (Å²) in [6.45, 7) is 5.16. The van der Waals surface area contributed by atoms with E-state index < -0.39 is 0 Å². The third-order valence-electron chi connectivity index (χ3n) is 5.68. The van der Waals surface area contributed by atoms with Gasteiger partial charge in [0, 0.05) is 23.7 Å². The van der Waals surface area contributed by atoms with E-state index in [0.717, 1.165) is 42.3 Å². The molecule has 0 unspecified atom stereocenters. The first kappa shape index (κ1) is 19.2. The normalized spacial score (nSPS) is 14.9. The fourth-order valence-corrected chi connectivity index (χ4v) is 4.23. The summed E-state index contributed by atoms with van der Waals surface area (Å²) >= 11 is 0. The Morgan fingerprint density at radius 2 is 1.76 bits per heavy atom. The quantitative estimate of drug-likeness (QED) is 0.669. The highest BCUT2D eigenvalue weighted by molar-refractivity contribution is 6.00. The third kappa shape index (κ3) is 3.64. The van der Waals surface area contributed by atoms with Gasteiger partial charge in [0.25, 0.3) is 5.56 Å². The molecule has 1 N–H and O–H groups in total. The van der Waals surface area contributed by atoms with E-state index in [4.69, 9.17) is 0 Å². The first-order chi connectivity index (χ1) is 14.0. The summed E-state index contributed by atoms with van der Waals surface area (Å²) in [6.07, 6.45) is 10.3. The van der Waals surface area contributed by atoms with Crippen molar-refractivity contribution in [3.8, 4) is 0 Å². The summed E-state index contributed by atoms with van der Waals surface area (Å²) in [5.74, 6) is 0.983. The Morgan fingerprint density at radius 1 is 1.03 bits per heavy atom. The molecule has 150 valence electrons. The molecule has 29 heavy (non-hydrogen) atoms. The molecule has 3 aromatic heterocycles. The topological polar surface area (TPSA) is 89.8 Å². The second-order valence-electron chi connectivity index (χ2n) is 7.78. The van der Waals surface area contributed by atoms with E-state index >= 15 is 0 Å². The lowest BCUT2D eigenvalue weighted by molar-refractivity contribution is 0.101. The number of carbonyl (C=O) groups excluding carboxylic acids is 1. The van der Waals surface area contributed by atoms with Crippen molar-refractivity contribution in [1.29, 1.82) is 0 Å². The van der Waals surface area contributed by atoms with E-state index in [1.807, 2.05) is 24.5 Å². The molecule has 7 heteroatoms. The summed E-state index contributed by atoms with van der Waals surface area (Å²) in [5.41, 5.74) is 2.41. The van der Waals surface area contributed by atoms with Gasteiger partial charge in [-0.05, 0) is 39.2 Å². The summed E-state index contributed by atoms with van der Waals surface area (Å²) in [5, 5.41) is 4.00. The second-order valence-corrected chi connectivity index (χ2v) is 7.78. The Morgan fingerprint density at radius 3 is 2.41 bits per heavy atom. The van der Waals surface area contributed by atoms with E-state index in [1.165, 1.54) is 13.3 Å². The van der Waals surface area contributed by atoms with Crippen LogP contribution in [0.4, 0.5) is 11.6 Å². The maximum absolute atomic E-state index is 13.3. The van der Waals surface area contributed by atoms with E-state index in [-0.39, 0.29) is 22.9 Å². The average molecular weight is 391 g/mol. The van der Waals surface area contributed by atoms with Gasteiger partial charge in [0.05, 0.1) is 29.2 Å².